The number of hydrogen-bond acceptors (Lipinski definition) is 6. The van der Waals surface area contributed by atoms with E-state index in [0.717, 1.165) is 38.1 Å². The first-order valence-electron chi connectivity index (χ1n) is 9.42. The highest BCUT2D eigenvalue weighted by atomic mass is 35.5. The van der Waals surface area contributed by atoms with Crippen LogP contribution in [0.2, 0.25) is 5.02 Å². The van der Waals surface area contributed by atoms with Gasteiger partial charge in [0.2, 0.25) is 0 Å². The number of methoxy groups -OCH3 is 1. The number of halogens is 1. The summed E-state index contributed by atoms with van der Waals surface area (Å²) in [6, 6.07) is 1.56. The van der Waals surface area contributed by atoms with Gasteiger partial charge in [-0.25, -0.2) is 0 Å². The van der Waals surface area contributed by atoms with Crippen molar-refractivity contribution in [1.29, 1.82) is 0 Å². The standard InChI is InChI=1S/C19H28ClN3O4/c1-26-7-2-5-23-6-3-12(16(24)11-23)10-22-19(25)14-9-15(20)17(21)13-4-8-27-18(13)14/h9,12,16,24H,2-8,10-11,21H2,1H3,(H,22,25)/t12-,16?/m0/s1. The van der Waals surface area contributed by atoms with Gasteiger partial charge in [-0.3, -0.25) is 4.79 Å². The van der Waals surface area contributed by atoms with Crippen LogP contribution in [-0.2, 0) is 11.2 Å². The van der Waals surface area contributed by atoms with Crippen molar-refractivity contribution in [2.75, 3.05) is 52.2 Å². The summed E-state index contributed by atoms with van der Waals surface area (Å²) in [5.41, 5.74) is 7.68. The number of hydrogen-bond donors (Lipinski definition) is 3. The number of benzene rings is 1. The Bertz CT molecular complexity index is 685. The van der Waals surface area contributed by atoms with Gasteiger partial charge in [0, 0.05) is 51.3 Å². The molecule has 27 heavy (non-hydrogen) atoms. The predicted molar refractivity (Wildman–Crippen MR) is 104 cm³/mol. The smallest absolute Gasteiger partial charge is 0.255 e. The molecule has 0 saturated carbocycles. The van der Waals surface area contributed by atoms with Gasteiger partial charge in [-0.05, 0) is 25.5 Å². The van der Waals surface area contributed by atoms with E-state index in [1.165, 1.54) is 0 Å². The number of anilines is 1. The van der Waals surface area contributed by atoms with Crippen LogP contribution in [0, 0.1) is 5.92 Å². The number of carbonyl (C=O) groups is 1. The minimum atomic E-state index is -0.460. The highest BCUT2D eigenvalue weighted by Crippen LogP contribution is 2.38. The van der Waals surface area contributed by atoms with E-state index in [1.807, 2.05) is 0 Å². The van der Waals surface area contributed by atoms with Crippen LogP contribution in [0.4, 0.5) is 5.69 Å². The number of β-amino-alcohol motifs (C(OH)–C–C–N with tert-alkyl or cyclic N) is 1. The number of aliphatic hydroxyl groups is 1. The maximum Gasteiger partial charge on any atom is 0.255 e. The number of fused-ring (bicyclic) bond motifs is 1. The van der Waals surface area contributed by atoms with E-state index in [0.29, 0.717) is 48.1 Å². The third-order valence-corrected chi connectivity index (χ3v) is 5.68. The maximum absolute atomic E-state index is 12.7. The Kier molecular flexibility index (Phi) is 6.81. The molecule has 2 aliphatic heterocycles. The summed E-state index contributed by atoms with van der Waals surface area (Å²) in [7, 11) is 1.69. The van der Waals surface area contributed by atoms with Gasteiger partial charge in [-0.2, -0.15) is 0 Å². The van der Waals surface area contributed by atoms with Crippen LogP contribution in [0.1, 0.15) is 28.8 Å². The average molecular weight is 398 g/mol. The van der Waals surface area contributed by atoms with Gasteiger partial charge < -0.3 is 30.5 Å². The minimum absolute atomic E-state index is 0.0332. The third kappa shape index (κ3) is 4.66. The molecule has 8 heteroatoms. The molecule has 0 radical (unpaired) electrons. The van der Waals surface area contributed by atoms with Crippen molar-refractivity contribution in [3.8, 4) is 5.75 Å². The van der Waals surface area contributed by atoms with Crippen molar-refractivity contribution >= 4 is 23.2 Å². The minimum Gasteiger partial charge on any atom is -0.492 e. The number of likely N-dealkylation sites (tertiary alicyclic amines) is 1. The molecule has 2 heterocycles. The van der Waals surface area contributed by atoms with E-state index in [1.54, 1.807) is 13.2 Å². The van der Waals surface area contributed by atoms with Crippen LogP contribution in [-0.4, -0.2) is 68.5 Å². The predicted octanol–water partition coefficient (Wildman–Crippen LogP) is 1.31. The molecule has 1 saturated heterocycles. The second kappa shape index (κ2) is 9.10. The maximum atomic E-state index is 12.7. The van der Waals surface area contributed by atoms with E-state index >= 15 is 0 Å². The molecule has 1 aromatic rings. The molecule has 1 aromatic carbocycles. The first-order valence-corrected chi connectivity index (χ1v) is 9.80. The van der Waals surface area contributed by atoms with Crippen LogP contribution in [0.25, 0.3) is 0 Å². The van der Waals surface area contributed by atoms with Gasteiger partial charge >= 0.3 is 0 Å². The van der Waals surface area contributed by atoms with E-state index in [2.05, 4.69) is 10.2 Å². The number of nitrogens with zero attached hydrogens (tertiary/aromatic N) is 1. The molecule has 2 atom stereocenters. The zero-order chi connectivity index (χ0) is 19.4. The molecular formula is C19H28ClN3O4. The number of amides is 1. The Morgan fingerprint density at radius 2 is 2.37 bits per heavy atom. The van der Waals surface area contributed by atoms with E-state index < -0.39 is 6.10 Å². The quantitative estimate of drug-likeness (QED) is 0.474. The zero-order valence-corrected chi connectivity index (χ0v) is 16.4. The van der Waals surface area contributed by atoms with Crippen LogP contribution in [0.3, 0.4) is 0 Å². The summed E-state index contributed by atoms with van der Waals surface area (Å²) in [5.74, 6) is 0.318. The molecule has 3 rings (SSSR count). The lowest BCUT2D eigenvalue weighted by Gasteiger charge is -2.36. The van der Waals surface area contributed by atoms with Crippen LogP contribution in [0.5, 0.6) is 5.75 Å². The number of aliphatic hydroxyl groups excluding tert-OH is 1. The fourth-order valence-corrected chi connectivity index (χ4v) is 4.00. The van der Waals surface area contributed by atoms with Gasteiger partial charge in [-0.15, -0.1) is 0 Å². The number of rotatable bonds is 7. The van der Waals surface area contributed by atoms with Gasteiger partial charge in [-0.1, -0.05) is 11.6 Å². The van der Waals surface area contributed by atoms with Crippen molar-refractivity contribution in [2.24, 2.45) is 5.92 Å². The number of nitrogen functional groups attached to an aromatic ring is 1. The topological polar surface area (TPSA) is 97.1 Å². The first kappa shape index (κ1) is 20.2. The Labute approximate surface area is 164 Å². The second-order valence-corrected chi connectivity index (χ2v) is 7.61. The first-order chi connectivity index (χ1) is 13.0. The molecule has 150 valence electrons. The van der Waals surface area contributed by atoms with Gasteiger partial charge in [0.15, 0.2) is 0 Å². The van der Waals surface area contributed by atoms with Crippen molar-refractivity contribution in [3.63, 3.8) is 0 Å². The normalized spacial score (nSPS) is 22.3. The Morgan fingerprint density at radius 3 is 3.11 bits per heavy atom. The number of nitrogens with one attached hydrogen (secondary N) is 1. The summed E-state index contributed by atoms with van der Waals surface area (Å²) in [6.45, 7) is 4.09. The summed E-state index contributed by atoms with van der Waals surface area (Å²) in [4.78, 5) is 14.9. The third-order valence-electron chi connectivity index (χ3n) is 5.37. The lowest BCUT2D eigenvalue weighted by atomic mass is 9.93. The fourth-order valence-electron chi connectivity index (χ4n) is 3.77. The molecule has 7 nitrogen and oxygen atoms in total. The van der Waals surface area contributed by atoms with Crippen LogP contribution < -0.4 is 15.8 Å². The van der Waals surface area contributed by atoms with Crippen LogP contribution >= 0.6 is 11.6 Å². The molecule has 4 N–H and O–H groups in total. The molecule has 1 unspecified atom stereocenters. The average Bonchev–Trinajstić information content (AvgIpc) is 3.14. The van der Waals surface area contributed by atoms with Crippen LogP contribution in [0.15, 0.2) is 6.07 Å². The SMILES string of the molecule is COCCCN1CC[C@@H](CNC(=O)c2cc(Cl)c(N)c3c2OCC3)C(O)C1. The summed E-state index contributed by atoms with van der Waals surface area (Å²) < 4.78 is 10.7. The molecule has 0 bridgehead atoms. The van der Waals surface area contributed by atoms with Gasteiger partial charge in [0.25, 0.3) is 5.91 Å². The number of piperidine rings is 1. The lowest BCUT2D eigenvalue weighted by Crippen LogP contribution is -2.48. The number of nitrogens with two attached hydrogens (primary N) is 1. The van der Waals surface area contributed by atoms with Gasteiger partial charge in [0.1, 0.15) is 5.75 Å². The summed E-state index contributed by atoms with van der Waals surface area (Å²) >= 11 is 6.17. The summed E-state index contributed by atoms with van der Waals surface area (Å²) in [6.07, 6.45) is 1.99. The molecular weight excluding hydrogens is 370 g/mol. The second-order valence-electron chi connectivity index (χ2n) is 7.20. The van der Waals surface area contributed by atoms with Crippen molar-refractivity contribution in [2.45, 2.75) is 25.4 Å². The van der Waals surface area contributed by atoms with Crippen molar-refractivity contribution in [1.82, 2.24) is 10.2 Å². The van der Waals surface area contributed by atoms with Crippen molar-refractivity contribution in [3.05, 3.63) is 22.2 Å². The number of carbonyl (C=O) groups excluding carboxylic acids is 1. The number of ether oxygens (including phenoxy) is 2. The molecule has 0 spiro atoms. The van der Waals surface area contributed by atoms with Crippen molar-refractivity contribution < 1.29 is 19.4 Å². The molecule has 0 aromatic heterocycles. The summed E-state index contributed by atoms with van der Waals surface area (Å²) in [5, 5.41) is 13.7. The monoisotopic (exact) mass is 397 g/mol. The largest absolute Gasteiger partial charge is 0.492 e. The van der Waals surface area contributed by atoms with E-state index in [4.69, 9.17) is 26.8 Å². The Morgan fingerprint density at radius 1 is 1.56 bits per heavy atom. The molecule has 2 aliphatic rings. The fraction of sp³-hybridized carbons (Fsp3) is 0.632. The Hall–Kier alpha value is -1.54. The van der Waals surface area contributed by atoms with E-state index in [9.17, 15) is 9.90 Å². The lowest BCUT2D eigenvalue weighted by molar-refractivity contribution is 0.0192. The molecule has 0 aliphatic carbocycles. The molecule has 1 fully saturated rings. The highest BCUT2D eigenvalue weighted by molar-refractivity contribution is 6.33. The molecule has 1 amide bonds. The van der Waals surface area contributed by atoms with Gasteiger partial charge in [0.05, 0.1) is 29.0 Å². The Balaban J connectivity index is 1.55. The van der Waals surface area contributed by atoms with E-state index in [-0.39, 0.29) is 11.8 Å². The zero-order valence-electron chi connectivity index (χ0n) is 15.7. The highest BCUT2D eigenvalue weighted by Gasteiger charge is 2.29.